The fraction of sp³-hybridized carbons (Fsp3) is 0.900. The molecule has 0 spiro atoms. The number of aliphatic hydroxyl groups is 2. The second-order valence-electron chi connectivity index (χ2n) is 14.0. The molecule has 0 fully saturated rings. The molecule has 0 aromatic heterocycles. The molecule has 0 aliphatic heterocycles. The number of rotatable bonds is 39. The Morgan fingerprint density at radius 3 is 1.42 bits per heavy atom. The van der Waals surface area contributed by atoms with Crippen LogP contribution in [0.1, 0.15) is 194 Å². The van der Waals surface area contributed by atoms with Gasteiger partial charge in [0, 0.05) is 12.8 Å². The number of hydrogen-bond donors (Lipinski definition) is 2. The third kappa shape index (κ3) is 39.4. The summed E-state index contributed by atoms with van der Waals surface area (Å²) in [6.07, 6.45) is 32.9. The van der Waals surface area contributed by atoms with Gasteiger partial charge in [0.2, 0.25) is 0 Å². The van der Waals surface area contributed by atoms with E-state index in [0.717, 1.165) is 51.4 Å². The first-order valence-electron chi connectivity index (χ1n) is 20.6. The summed E-state index contributed by atoms with van der Waals surface area (Å²) in [5.41, 5.74) is 0. The molecule has 302 valence electrons. The number of carbonyl (C=O) groups excluding carboxylic acids is 2. The number of phosphoric acid groups is 1. The van der Waals surface area contributed by atoms with Gasteiger partial charge < -0.3 is 33.6 Å². The molecule has 0 heterocycles. The van der Waals surface area contributed by atoms with Gasteiger partial charge in [0.15, 0.2) is 6.10 Å². The first-order chi connectivity index (χ1) is 24.7. The molecule has 0 saturated carbocycles. The molecule has 12 heteroatoms. The summed E-state index contributed by atoms with van der Waals surface area (Å²) in [6.45, 7) is 2.19. The minimum atomic E-state index is -4.86. The maximum absolute atomic E-state index is 12.5. The summed E-state index contributed by atoms with van der Waals surface area (Å²) in [6, 6.07) is 0. The van der Waals surface area contributed by atoms with Crippen molar-refractivity contribution in [2.24, 2.45) is 0 Å². The number of unbranched alkanes of at least 4 members (excludes halogenated alkanes) is 23. The third-order valence-corrected chi connectivity index (χ3v) is 9.84. The molecule has 0 bridgehead atoms. The van der Waals surface area contributed by atoms with Crippen molar-refractivity contribution in [2.75, 3.05) is 26.4 Å². The summed E-state index contributed by atoms with van der Waals surface area (Å²) in [5.74, 6) is -0.963. The number of esters is 2. The Hall–Kier alpha value is -0.290. The Labute approximate surface area is 339 Å². The monoisotopic (exact) mass is 771 g/mol. The van der Waals surface area contributed by atoms with Crippen LogP contribution in [-0.2, 0) is 32.7 Å². The quantitative estimate of drug-likeness (QED) is 0.0224. The van der Waals surface area contributed by atoms with E-state index in [1.165, 1.54) is 103 Å². The first kappa shape index (κ1) is 53.8. The fourth-order valence-corrected chi connectivity index (χ4v) is 6.47. The molecule has 0 aliphatic carbocycles. The molecular formula is C40H76NaO10P. The zero-order valence-electron chi connectivity index (χ0n) is 33.5. The summed E-state index contributed by atoms with van der Waals surface area (Å²) in [5, 5.41) is 18.2. The topological polar surface area (TPSA) is 152 Å². The van der Waals surface area contributed by atoms with Crippen LogP contribution < -0.4 is 34.5 Å². The normalized spacial score (nSPS) is 13.8. The maximum atomic E-state index is 12.5. The van der Waals surface area contributed by atoms with Gasteiger partial charge in [-0.05, 0) is 38.5 Å². The Morgan fingerprint density at radius 2 is 0.981 bits per heavy atom. The Morgan fingerprint density at radius 1 is 0.596 bits per heavy atom. The van der Waals surface area contributed by atoms with Gasteiger partial charge in [0.1, 0.15) is 12.7 Å². The molecular weight excluding hydrogens is 694 g/mol. The number of hydrogen-bond acceptors (Lipinski definition) is 10. The molecule has 10 nitrogen and oxygen atoms in total. The Kier molecular flexibility index (Phi) is 41.8. The van der Waals surface area contributed by atoms with Gasteiger partial charge in [-0.1, -0.05) is 154 Å². The largest absolute Gasteiger partial charge is 1.00 e. The van der Waals surface area contributed by atoms with Crippen LogP contribution in [0.3, 0.4) is 0 Å². The Bertz CT molecular complexity index is 875. The molecule has 3 atom stereocenters. The van der Waals surface area contributed by atoms with Crippen LogP contribution >= 0.6 is 7.82 Å². The van der Waals surface area contributed by atoms with Crippen LogP contribution in [0.15, 0.2) is 12.2 Å². The molecule has 0 aliphatic rings. The van der Waals surface area contributed by atoms with Crippen LogP contribution in [-0.4, -0.2) is 60.8 Å². The van der Waals surface area contributed by atoms with E-state index < -0.39 is 51.8 Å². The van der Waals surface area contributed by atoms with Crippen molar-refractivity contribution in [1.29, 1.82) is 0 Å². The number of phosphoric ester groups is 1. The van der Waals surface area contributed by atoms with Gasteiger partial charge in [-0.15, -0.1) is 0 Å². The summed E-state index contributed by atoms with van der Waals surface area (Å²) in [7, 11) is -4.86. The van der Waals surface area contributed by atoms with E-state index in [2.05, 4.69) is 30.5 Å². The van der Waals surface area contributed by atoms with Crippen molar-refractivity contribution in [2.45, 2.75) is 206 Å². The third-order valence-electron chi connectivity index (χ3n) is 8.91. The molecule has 0 saturated heterocycles. The molecule has 0 radical (unpaired) electrons. The SMILES string of the molecule is CCCCCCCC/C=C\CCCCCCCC(=O)OC[C@@H](COP(=O)([O-])OCC(O)CO)OC(=O)CCCCCCCCCCCCCCC.[Na+]. The standard InChI is InChI=1S/C40H77O10P.Na/c1-3-5-7-9-11-13-15-17-18-20-21-23-25-27-29-31-39(43)47-35-38(36-49-51(45,46)48-34-37(42)33-41)50-40(44)32-30-28-26-24-22-19-16-14-12-10-8-6-4-2;/h17-18,37-38,41-42H,3-16,19-36H2,1-2H3,(H,45,46);/q;+1/p-1/b18-17-;/t37?,38-;/m0./s1. The molecule has 0 rings (SSSR count). The van der Waals surface area contributed by atoms with Gasteiger partial charge >= 0.3 is 41.5 Å². The van der Waals surface area contributed by atoms with Crippen molar-refractivity contribution >= 4 is 19.8 Å². The van der Waals surface area contributed by atoms with Crippen molar-refractivity contribution in [3.63, 3.8) is 0 Å². The predicted octanol–water partition coefficient (Wildman–Crippen LogP) is 6.82. The number of ether oxygens (including phenoxy) is 2. The number of allylic oxidation sites excluding steroid dienone is 2. The molecule has 2 N–H and O–H groups in total. The molecule has 52 heavy (non-hydrogen) atoms. The minimum absolute atomic E-state index is 0. The van der Waals surface area contributed by atoms with Gasteiger partial charge in [0.25, 0.3) is 7.82 Å². The van der Waals surface area contributed by atoms with Gasteiger partial charge in [-0.25, -0.2) is 0 Å². The number of carbonyl (C=O) groups is 2. The van der Waals surface area contributed by atoms with Gasteiger partial charge in [-0.3, -0.25) is 14.2 Å². The van der Waals surface area contributed by atoms with Crippen molar-refractivity contribution < 1.29 is 77.3 Å². The first-order valence-corrected chi connectivity index (χ1v) is 22.1. The van der Waals surface area contributed by atoms with Crippen LogP contribution in [0, 0.1) is 0 Å². The van der Waals surface area contributed by atoms with Crippen LogP contribution in [0.2, 0.25) is 0 Å². The van der Waals surface area contributed by atoms with E-state index in [1.54, 1.807) is 0 Å². The average molecular weight is 771 g/mol. The van der Waals surface area contributed by atoms with Crippen LogP contribution in [0.4, 0.5) is 0 Å². The van der Waals surface area contributed by atoms with E-state index >= 15 is 0 Å². The van der Waals surface area contributed by atoms with E-state index in [9.17, 15) is 24.2 Å². The second kappa shape index (κ2) is 40.4. The maximum Gasteiger partial charge on any atom is 1.00 e. The van der Waals surface area contributed by atoms with Gasteiger partial charge in [-0.2, -0.15) is 0 Å². The van der Waals surface area contributed by atoms with Crippen molar-refractivity contribution in [3.05, 3.63) is 12.2 Å². The van der Waals surface area contributed by atoms with Crippen molar-refractivity contribution in [3.8, 4) is 0 Å². The minimum Gasteiger partial charge on any atom is -0.756 e. The van der Waals surface area contributed by atoms with Crippen LogP contribution in [0.25, 0.3) is 0 Å². The van der Waals surface area contributed by atoms with Crippen molar-refractivity contribution in [1.82, 2.24) is 0 Å². The van der Waals surface area contributed by atoms with E-state index in [4.69, 9.17) is 19.1 Å². The van der Waals surface area contributed by atoms with E-state index in [1.807, 2.05) is 0 Å². The summed E-state index contributed by atoms with van der Waals surface area (Å²) in [4.78, 5) is 37.0. The summed E-state index contributed by atoms with van der Waals surface area (Å²) >= 11 is 0. The van der Waals surface area contributed by atoms with E-state index in [0.29, 0.717) is 12.8 Å². The molecule has 0 aromatic carbocycles. The fourth-order valence-electron chi connectivity index (χ4n) is 5.69. The molecule has 0 amide bonds. The summed E-state index contributed by atoms with van der Waals surface area (Å²) < 4.78 is 32.3. The zero-order chi connectivity index (χ0) is 37.7. The zero-order valence-corrected chi connectivity index (χ0v) is 36.4. The average Bonchev–Trinajstić information content (AvgIpc) is 3.12. The molecule has 0 aromatic rings. The smallest absolute Gasteiger partial charge is 0.756 e. The van der Waals surface area contributed by atoms with E-state index in [-0.39, 0.29) is 49.0 Å². The Balaban J connectivity index is 0. The van der Waals surface area contributed by atoms with Gasteiger partial charge in [0.05, 0.1) is 19.8 Å². The second-order valence-corrected chi connectivity index (χ2v) is 15.4. The predicted molar refractivity (Wildman–Crippen MR) is 203 cm³/mol. The number of aliphatic hydroxyl groups excluding tert-OH is 2. The molecule has 2 unspecified atom stereocenters. The van der Waals surface area contributed by atoms with Crippen LogP contribution in [0.5, 0.6) is 0 Å².